The molecule has 3 rings (SSSR count). The predicted octanol–water partition coefficient (Wildman–Crippen LogP) is 4.07. The molecule has 0 spiro atoms. The van der Waals surface area contributed by atoms with Crippen molar-refractivity contribution >= 4 is 16.3 Å². The second-order valence-corrected chi connectivity index (χ2v) is 6.24. The highest BCUT2D eigenvalue weighted by Gasteiger charge is 2.20. The average molecular weight is 300 g/mol. The molecule has 0 N–H and O–H groups in total. The Kier molecular flexibility index (Phi) is 4.29. The molecule has 5 heteroatoms. The molecule has 0 aliphatic rings. The molecule has 3 aromatic rings. The van der Waals surface area contributed by atoms with Crippen molar-refractivity contribution in [3.05, 3.63) is 46.7 Å². The molecule has 0 amide bonds. The largest absolute Gasteiger partial charge is 0.234 e. The Labute approximate surface area is 128 Å². The maximum atomic E-state index is 4.80. The summed E-state index contributed by atoms with van der Waals surface area (Å²) in [7, 11) is 0. The highest BCUT2D eigenvalue weighted by atomic mass is 32.1. The van der Waals surface area contributed by atoms with Gasteiger partial charge in [0.15, 0.2) is 5.82 Å². The number of fused-ring (bicyclic) bond motifs is 1. The monoisotopic (exact) mass is 300 g/mol. The van der Waals surface area contributed by atoms with E-state index in [9.17, 15) is 0 Å². The van der Waals surface area contributed by atoms with Crippen molar-refractivity contribution in [3.63, 3.8) is 0 Å². The summed E-state index contributed by atoms with van der Waals surface area (Å²) in [4.78, 5) is 0.908. The quantitative estimate of drug-likeness (QED) is 0.689. The lowest BCUT2D eigenvalue weighted by atomic mass is 9.95. The highest BCUT2D eigenvalue weighted by molar-refractivity contribution is 7.16. The van der Waals surface area contributed by atoms with Gasteiger partial charge in [-0.15, -0.1) is 10.2 Å². The van der Waals surface area contributed by atoms with E-state index in [1.165, 1.54) is 5.56 Å². The minimum Gasteiger partial charge on any atom is -0.187 e. The summed E-state index contributed by atoms with van der Waals surface area (Å²) < 4.78 is 1.93. The van der Waals surface area contributed by atoms with Crippen LogP contribution in [0.25, 0.3) is 4.96 Å². The Balaban J connectivity index is 1.99. The molecule has 0 unspecified atom stereocenters. The van der Waals surface area contributed by atoms with Gasteiger partial charge in [0.1, 0.15) is 5.01 Å². The molecule has 1 aromatic carbocycles. The smallest absolute Gasteiger partial charge is 0.187 e. The van der Waals surface area contributed by atoms with E-state index in [0.717, 1.165) is 41.5 Å². The first-order chi connectivity index (χ1) is 10.3. The van der Waals surface area contributed by atoms with Crippen LogP contribution in [-0.4, -0.2) is 19.8 Å². The minimum atomic E-state index is 0.359. The minimum absolute atomic E-state index is 0.359. The molecular weight excluding hydrogens is 280 g/mol. The van der Waals surface area contributed by atoms with Gasteiger partial charge < -0.3 is 0 Å². The summed E-state index contributed by atoms with van der Waals surface area (Å²) in [6.07, 6.45) is 4.23. The van der Waals surface area contributed by atoms with Gasteiger partial charge in [0.05, 0.1) is 0 Å². The molecule has 0 radical (unpaired) electrons. The molecule has 0 aliphatic heterocycles. The zero-order valence-corrected chi connectivity index (χ0v) is 13.3. The number of hydrogen-bond donors (Lipinski definition) is 0. The van der Waals surface area contributed by atoms with Crippen LogP contribution in [0.5, 0.6) is 0 Å². The zero-order chi connectivity index (χ0) is 14.7. The van der Waals surface area contributed by atoms with Crippen molar-refractivity contribution in [2.24, 2.45) is 0 Å². The third-order valence-corrected chi connectivity index (χ3v) is 4.63. The average Bonchev–Trinajstić information content (AvgIpc) is 3.08. The number of rotatable bonds is 6. The third-order valence-electron chi connectivity index (χ3n) is 3.62. The van der Waals surface area contributed by atoms with E-state index in [1.807, 2.05) is 4.52 Å². The number of nitrogens with zero attached hydrogens (tertiary/aromatic N) is 4. The molecule has 0 saturated carbocycles. The van der Waals surface area contributed by atoms with Crippen LogP contribution in [0, 0.1) is 0 Å². The first kappa shape index (κ1) is 14.2. The molecular formula is C16H20N4S. The van der Waals surface area contributed by atoms with Crippen molar-refractivity contribution in [1.29, 1.82) is 0 Å². The third kappa shape index (κ3) is 2.83. The SMILES string of the molecule is CCCc1nnc2sc([C@@H](CCC)c3ccccc3)nn12. The van der Waals surface area contributed by atoms with Gasteiger partial charge >= 0.3 is 0 Å². The normalized spacial score (nSPS) is 12.9. The Morgan fingerprint density at radius 1 is 1.10 bits per heavy atom. The van der Waals surface area contributed by atoms with E-state index >= 15 is 0 Å². The molecule has 0 fully saturated rings. The number of aromatic nitrogens is 4. The van der Waals surface area contributed by atoms with Gasteiger partial charge in [-0.25, -0.2) is 0 Å². The fraction of sp³-hybridized carbons (Fsp3) is 0.438. The van der Waals surface area contributed by atoms with Crippen LogP contribution < -0.4 is 0 Å². The van der Waals surface area contributed by atoms with E-state index in [4.69, 9.17) is 5.10 Å². The summed E-state index contributed by atoms with van der Waals surface area (Å²) >= 11 is 1.67. The van der Waals surface area contributed by atoms with Crippen LogP contribution in [0.2, 0.25) is 0 Å². The first-order valence-electron chi connectivity index (χ1n) is 7.59. The first-order valence-corrected chi connectivity index (χ1v) is 8.41. The van der Waals surface area contributed by atoms with E-state index in [0.29, 0.717) is 5.92 Å². The molecule has 0 aliphatic carbocycles. The molecule has 21 heavy (non-hydrogen) atoms. The van der Waals surface area contributed by atoms with Crippen molar-refractivity contribution in [2.45, 2.75) is 45.4 Å². The zero-order valence-electron chi connectivity index (χ0n) is 12.5. The summed E-state index contributed by atoms with van der Waals surface area (Å²) in [5.41, 5.74) is 1.33. The number of hydrogen-bond acceptors (Lipinski definition) is 4. The molecule has 0 saturated heterocycles. The molecule has 2 heterocycles. The summed E-state index contributed by atoms with van der Waals surface area (Å²) in [6.45, 7) is 4.37. The van der Waals surface area contributed by atoms with Crippen molar-refractivity contribution in [3.8, 4) is 0 Å². The van der Waals surface area contributed by atoms with Crippen LogP contribution in [-0.2, 0) is 6.42 Å². The summed E-state index contributed by atoms with van der Waals surface area (Å²) in [6, 6.07) is 10.6. The van der Waals surface area contributed by atoms with Gasteiger partial charge in [0, 0.05) is 12.3 Å². The summed E-state index contributed by atoms with van der Waals surface area (Å²) in [5, 5.41) is 14.4. The predicted molar refractivity (Wildman–Crippen MR) is 85.8 cm³/mol. The lowest BCUT2D eigenvalue weighted by Gasteiger charge is -2.13. The Morgan fingerprint density at radius 2 is 1.90 bits per heavy atom. The number of aryl methyl sites for hydroxylation is 1. The lowest BCUT2D eigenvalue weighted by Crippen LogP contribution is -2.03. The van der Waals surface area contributed by atoms with E-state index in [-0.39, 0.29) is 0 Å². The Hall–Kier alpha value is -1.75. The van der Waals surface area contributed by atoms with Gasteiger partial charge in [-0.3, -0.25) is 0 Å². The van der Waals surface area contributed by atoms with Gasteiger partial charge in [0.25, 0.3) is 0 Å². The van der Waals surface area contributed by atoms with Crippen molar-refractivity contribution in [2.75, 3.05) is 0 Å². The maximum Gasteiger partial charge on any atom is 0.234 e. The van der Waals surface area contributed by atoms with Gasteiger partial charge in [-0.1, -0.05) is 61.9 Å². The molecule has 110 valence electrons. The molecule has 4 nitrogen and oxygen atoms in total. The van der Waals surface area contributed by atoms with Crippen LogP contribution in [0.4, 0.5) is 0 Å². The van der Waals surface area contributed by atoms with Crippen LogP contribution in [0.3, 0.4) is 0 Å². The number of benzene rings is 1. The lowest BCUT2D eigenvalue weighted by molar-refractivity contribution is 0.672. The van der Waals surface area contributed by atoms with E-state index < -0.39 is 0 Å². The van der Waals surface area contributed by atoms with Gasteiger partial charge in [-0.05, 0) is 18.4 Å². The van der Waals surface area contributed by atoms with Crippen LogP contribution >= 0.6 is 11.3 Å². The second-order valence-electron chi connectivity index (χ2n) is 5.25. The van der Waals surface area contributed by atoms with Crippen LogP contribution in [0.15, 0.2) is 30.3 Å². The van der Waals surface area contributed by atoms with Crippen LogP contribution in [0.1, 0.15) is 55.4 Å². The molecule has 0 bridgehead atoms. The standard InChI is InChI=1S/C16H20N4S/c1-3-8-13(12-10-6-5-7-11-12)15-19-20-14(9-4-2)17-18-16(20)21-15/h5-7,10-11,13H,3-4,8-9H2,1-2H3/t13-/m0/s1. The van der Waals surface area contributed by atoms with Gasteiger partial charge in [-0.2, -0.15) is 9.61 Å². The Bertz CT molecular complexity index is 701. The molecule has 2 aromatic heterocycles. The van der Waals surface area contributed by atoms with Crippen molar-refractivity contribution < 1.29 is 0 Å². The van der Waals surface area contributed by atoms with E-state index in [1.54, 1.807) is 11.3 Å². The van der Waals surface area contributed by atoms with E-state index in [2.05, 4.69) is 54.4 Å². The summed E-state index contributed by atoms with van der Waals surface area (Å²) in [5.74, 6) is 1.33. The second kappa shape index (κ2) is 6.35. The fourth-order valence-electron chi connectivity index (χ4n) is 2.60. The topological polar surface area (TPSA) is 43.1 Å². The highest BCUT2D eigenvalue weighted by Crippen LogP contribution is 2.32. The van der Waals surface area contributed by atoms with Crippen molar-refractivity contribution in [1.82, 2.24) is 19.8 Å². The molecule has 1 atom stereocenters. The maximum absolute atomic E-state index is 4.80. The van der Waals surface area contributed by atoms with Gasteiger partial charge in [0.2, 0.25) is 4.96 Å². The Morgan fingerprint density at radius 3 is 2.62 bits per heavy atom. The fourth-order valence-corrected chi connectivity index (χ4v) is 3.62.